The summed E-state index contributed by atoms with van der Waals surface area (Å²) in [7, 11) is 1.87. The molecule has 1 atom stereocenters. The van der Waals surface area contributed by atoms with Crippen LogP contribution in [0.25, 0.3) is 11.5 Å². The fourth-order valence-corrected chi connectivity index (χ4v) is 6.41. The summed E-state index contributed by atoms with van der Waals surface area (Å²) in [4.78, 5) is 1.54. The van der Waals surface area contributed by atoms with E-state index in [1.165, 1.54) is 28.6 Å². The Hall–Kier alpha value is -2.38. The molecular weight excluding hydrogens is 452 g/mol. The number of aromatic nitrogens is 2. The monoisotopic (exact) mass is 468 g/mol. The maximum absolute atomic E-state index is 13.8. The van der Waals surface area contributed by atoms with Crippen LogP contribution in [0.3, 0.4) is 0 Å². The summed E-state index contributed by atoms with van der Waals surface area (Å²) in [5, 5.41) is 7.15. The molecule has 1 aliphatic rings. The third-order valence-corrected chi connectivity index (χ3v) is 8.38. The van der Waals surface area contributed by atoms with Crippen LogP contribution >= 0.6 is 11.3 Å². The van der Waals surface area contributed by atoms with Gasteiger partial charge in [0, 0.05) is 36.9 Å². The summed E-state index contributed by atoms with van der Waals surface area (Å²) >= 11 is 0.959. The third-order valence-electron chi connectivity index (χ3n) is 4.98. The van der Waals surface area contributed by atoms with Crippen molar-refractivity contribution in [3.63, 3.8) is 0 Å². The minimum absolute atomic E-state index is 0.0171. The van der Waals surface area contributed by atoms with Crippen molar-refractivity contribution in [2.75, 3.05) is 24.5 Å². The Morgan fingerprint density at radius 1 is 1.23 bits per heavy atom. The number of thiophene rings is 1. The van der Waals surface area contributed by atoms with E-state index in [9.17, 15) is 21.6 Å². The van der Waals surface area contributed by atoms with Gasteiger partial charge in [0.15, 0.2) is 0 Å². The lowest BCUT2D eigenvalue weighted by Crippen LogP contribution is -2.54. The molecule has 4 rings (SSSR count). The number of anilines is 1. The van der Waals surface area contributed by atoms with Crippen LogP contribution in [0.15, 0.2) is 45.4 Å². The number of nitrogens with zero attached hydrogens (tertiary/aromatic N) is 4. The van der Waals surface area contributed by atoms with Gasteiger partial charge in [0.25, 0.3) is 10.0 Å². The molecule has 0 aliphatic carbocycles. The summed E-state index contributed by atoms with van der Waals surface area (Å²) in [6.45, 7) is 1.92. The lowest BCUT2D eigenvalue weighted by Gasteiger charge is -2.40. The minimum Gasteiger partial charge on any atom is -0.423 e. The van der Waals surface area contributed by atoms with E-state index in [2.05, 4.69) is 10.2 Å². The van der Waals surface area contributed by atoms with Crippen molar-refractivity contribution in [2.24, 2.45) is 0 Å². The van der Waals surface area contributed by atoms with Crippen molar-refractivity contribution >= 4 is 39.7 Å². The standard InChI is InChI=1S/C18H16BF3N4O3S2/c1-11-9-25(6-7-26(11)31(27,28)16-5-4-15(19)30-16)14-3-2-12(17-24-23-10-29-17)8-13(14)18(20,21)22/h2-5,8,10-11H,6-7,9H2,1H3/t11-/m1/s1. The van der Waals surface area contributed by atoms with Crippen LogP contribution in [0.4, 0.5) is 18.9 Å². The second kappa shape index (κ2) is 7.95. The third kappa shape index (κ3) is 4.21. The van der Waals surface area contributed by atoms with Crippen molar-refractivity contribution in [1.82, 2.24) is 14.5 Å². The molecule has 13 heteroatoms. The van der Waals surface area contributed by atoms with Gasteiger partial charge >= 0.3 is 6.18 Å². The number of hydrogen-bond acceptors (Lipinski definition) is 7. The molecule has 1 aromatic carbocycles. The number of piperazine rings is 1. The first-order valence-corrected chi connectivity index (χ1v) is 11.4. The molecule has 0 amide bonds. The van der Waals surface area contributed by atoms with Crippen LogP contribution in [0.2, 0.25) is 0 Å². The maximum atomic E-state index is 13.8. The highest BCUT2D eigenvalue weighted by molar-refractivity contribution is 7.91. The molecular formula is C18H16BF3N4O3S2. The number of alkyl halides is 3. The van der Waals surface area contributed by atoms with Gasteiger partial charge in [-0.05, 0) is 36.0 Å². The lowest BCUT2D eigenvalue weighted by molar-refractivity contribution is -0.137. The largest absolute Gasteiger partial charge is 0.423 e. The van der Waals surface area contributed by atoms with Gasteiger partial charge in [0.2, 0.25) is 12.3 Å². The predicted octanol–water partition coefficient (Wildman–Crippen LogP) is 2.51. The van der Waals surface area contributed by atoms with Crippen molar-refractivity contribution in [1.29, 1.82) is 0 Å². The first-order chi connectivity index (χ1) is 14.6. The van der Waals surface area contributed by atoms with Crippen LogP contribution in [0.5, 0.6) is 0 Å². The van der Waals surface area contributed by atoms with Gasteiger partial charge in [-0.3, -0.25) is 0 Å². The van der Waals surface area contributed by atoms with Crippen molar-refractivity contribution < 1.29 is 26.0 Å². The number of benzene rings is 1. The van der Waals surface area contributed by atoms with E-state index in [4.69, 9.17) is 12.3 Å². The second-order valence-electron chi connectivity index (χ2n) is 7.04. The highest BCUT2D eigenvalue weighted by Crippen LogP contribution is 2.40. The first-order valence-electron chi connectivity index (χ1n) is 9.17. The van der Waals surface area contributed by atoms with Gasteiger partial charge in [0.05, 0.1) is 5.56 Å². The van der Waals surface area contributed by atoms with E-state index in [0.29, 0.717) is 4.78 Å². The molecule has 7 nitrogen and oxygen atoms in total. The Kier molecular flexibility index (Phi) is 5.60. The Morgan fingerprint density at radius 2 is 2.00 bits per heavy atom. The minimum atomic E-state index is -4.62. The zero-order chi connectivity index (χ0) is 22.4. The van der Waals surface area contributed by atoms with Crippen molar-refractivity contribution in [3.05, 3.63) is 42.3 Å². The smallest absolute Gasteiger partial charge is 0.418 e. The van der Waals surface area contributed by atoms with E-state index >= 15 is 0 Å². The van der Waals surface area contributed by atoms with Gasteiger partial charge in [-0.1, -0.05) is 6.07 Å². The van der Waals surface area contributed by atoms with E-state index < -0.39 is 27.8 Å². The van der Waals surface area contributed by atoms with Crippen LogP contribution < -0.4 is 9.68 Å². The molecule has 31 heavy (non-hydrogen) atoms. The average molecular weight is 468 g/mol. The van der Waals surface area contributed by atoms with Gasteiger partial charge in [-0.2, -0.15) is 17.5 Å². The fourth-order valence-electron chi connectivity index (χ4n) is 3.58. The summed E-state index contributed by atoms with van der Waals surface area (Å²) in [6, 6.07) is 6.19. The molecule has 0 bridgehead atoms. The Balaban J connectivity index is 1.62. The quantitative estimate of drug-likeness (QED) is 0.548. The number of hydrogen-bond donors (Lipinski definition) is 0. The number of sulfonamides is 1. The lowest BCUT2D eigenvalue weighted by atomic mass is 10.1. The molecule has 3 heterocycles. The van der Waals surface area contributed by atoms with Gasteiger partial charge < -0.3 is 9.32 Å². The highest BCUT2D eigenvalue weighted by Gasteiger charge is 2.39. The topological polar surface area (TPSA) is 79.5 Å². The van der Waals surface area contributed by atoms with Gasteiger partial charge in [0.1, 0.15) is 12.1 Å². The Bertz CT molecular complexity index is 1180. The molecule has 0 spiro atoms. The number of halogens is 3. The number of rotatable bonds is 4. The average Bonchev–Trinajstić information content (AvgIpc) is 3.39. The second-order valence-corrected chi connectivity index (χ2v) is 10.3. The molecule has 0 unspecified atom stereocenters. The first kappa shape index (κ1) is 21.8. The van der Waals surface area contributed by atoms with E-state index in [-0.39, 0.29) is 41.0 Å². The molecule has 0 N–H and O–H groups in total. The molecule has 1 fully saturated rings. The van der Waals surface area contributed by atoms with Crippen molar-refractivity contribution in [2.45, 2.75) is 23.4 Å². The summed E-state index contributed by atoms with van der Waals surface area (Å²) in [6.07, 6.45) is -3.58. The van der Waals surface area contributed by atoms with Crippen LogP contribution in [-0.2, 0) is 16.2 Å². The van der Waals surface area contributed by atoms with Gasteiger partial charge in [-0.25, -0.2) is 8.42 Å². The Morgan fingerprint density at radius 3 is 2.58 bits per heavy atom. The van der Waals surface area contributed by atoms with Gasteiger partial charge in [-0.15, -0.1) is 21.5 Å². The predicted molar refractivity (Wildman–Crippen MR) is 110 cm³/mol. The van der Waals surface area contributed by atoms with Crippen LogP contribution in [0, 0.1) is 0 Å². The van der Waals surface area contributed by atoms with Crippen LogP contribution in [0.1, 0.15) is 12.5 Å². The molecule has 162 valence electrons. The zero-order valence-corrected chi connectivity index (χ0v) is 17.8. The summed E-state index contributed by atoms with van der Waals surface area (Å²) < 4.78 is 74.0. The van der Waals surface area contributed by atoms with E-state index in [0.717, 1.165) is 23.8 Å². The van der Waals surface area contributed by atoms with E-state index in [1.54, 1.807) is 11.8 Å². The molecule has 3 aromatic rings. The summed E-state index contributed by atoms with van der Waals surface area (Å²) in [5.74, 6) is -0.0171. The van der Waals surface area contributed by atoms with Crippen LogP contribution in [-0.4, -0.2) is 56.4 Å². The molecule has 1 saturated heterocycles. The Labute approximate surface area is 182 Å². The SMILES string of the molecule is [B]c1ccc(S(=O)(=O)N2CCN(c3ccc(-c4nnco4)cc3C(F)(F)F)C[C@H]2C)s1. The summed E-state index contributed by atoms with van der Waals surface area (Å²) in [5.41, 5.74) is -0.726. The molecule has 2 aromatic heterocycles. The van der Waals surface area contributed by atoms with Crippen molar-refractivity contribution in [3.8, 4) is 11.5 Å². The normalized spacial score (nSPS) is 18.5. The highest BCUT2D eigenvalue weighted by atomic mass is 32.2. The molecule has 0 saturated carbocycles. The fraction of sp³-hybridized carbons (Fsp3) is 0.333. The molecule has 2 radical (unpaired) electrons. The molecule has 1 aliphatic heterocycles. The van der Waals surface area contributed by atoms with E-state index in [1.807, 2.05) is 0 Å². The maximum Gasteiger partial charge on any atom is 0.418 e. The zero-order valence-electron chi connectivity index (χ0n) is 16.2.